The zero-order valence-electron chi connectivity index (χ0n) is 9.08. The summed E-state index contributed by atoms with van der Waals surface area (Å²) in [5, 5.41) is 2.36. The molecule has 0 bridgehead atoms. The molecule has 1 aromatic rings. The molecule has 0 aliphatic heterocycles. The van der Waals surface area contributed by atoms with Crippen LogP contribution in [0.4, 0.5) is 5.69 Å². The molecule has 1 heterocycles. The molecule has 0 atom stereocenters. The van der Waals surface area contributed by atoms with Gasteiger partial charge in [-0.2, -0.15) is 4.79 Å². The van der Waals surface area contributed by atoms with E-state index in [0.29, 0.717) is 5.69 Å². The number of rotatable bonds is 4. The molecule has 1 rings (SSSR count). The van der Waals surface area contributed by atoms with E-state index in [-0.39, 0.29) is 6.61 Å². The fraction of sp³-hybridized carbons (Fsp3) is 0.200. The number of nitrogens with one attached hydrogen (secondary N) is 1. The first-order chi connectivity index (χ1) is 8.19. The lowest BCUT2D eigenvalue weighted by Crippen LogP contribution is -2.32. The van der Waals surface area contributed by atoms with Crippen molar-refractivity contribution in [3.05, 3.63) is 30.1 Å². The molecule has 0 saturated heterocycles. The minimum atomic E-state index is -0.985. The third-order valence-electron chi connectivity index (χ3n) is 1.72. The Morgan fingerprint density at radius 2 is 2.12 bits per heavy atom. The predicted molar refractivity (Wildman–Crippen MR) is 58.1 cm³/mol. The standard InChI is InChI=1S/C10H10N4O3/c1-2-17-10(16)8(14-11)9(15)13-7-3-5-12-6-4-7/h3-6H,2H2,1H3,(H,12,13,15). The molecule has 7 heteroatoms. The van der Waals surface area contributed by atoms with Gasteiger partial charge in [0.25, 0.3) is 0 Å². The Kier molecular flexibility index (Phi) is 4.53. The van der Waals surface area contributed by atoms with Crippen molar-refractivity contribution < 1.29 is 19.1 Å². The van der Waals surface area contributed by atoms with Crippen LogP contribution in [0.1, 0.15) is 6.92 Å². The summed E-state index contributed by atoms with van der Waals surface area (Å²) in [5.41, 5.74) is 8.31. The van der Waals surface area contributed by atoms with Gasteiger partial charge in [0, 0.05) is 18.1 Å². The van der Waals surface area contributed by atoms with Gasteiger partial charge in [0.1, 0.15) is 0 Å². The largest absolute Gasteiger partial charge is 0.463 e. The van der Waals surface area contributed by atoms with E-state index in [1.165, 1.54) is 24.5 Å². The molecule has 0 unspecified atom stereocenters. The molecular weight excluding hydrogens is 224 g/mol. The first-order valence-electron chi connectivity index (χ1n) is 4.79. The SMILES string of the molecule is CCOC(=O)C(=[N+]=[N-])C(=O)Nc1ccncc1. The van der Waals surface area contributed by atoms with Crippen LogP contribution < -0.4 is 5.32 Å². The molecule has 0 aliphatic carbocycles. The van der Waals surface area contributed by atoms with Crippen molar-refractivity contribution >= 4 is 23.3 Å². The summed E-state index contributed by atoms with van der Waals surface area (Å²) in [4.78, 5) is 29.1. The summed E-state index contributed by atoms with van der Waals surface area (Å²) < 4.78 is 4.55. The van der Waals surface area contributed by atoms with Crippen molar-refractivity contribution in [1.82, 2.24) is 4.98 Å². The molecule has 0 aliphatic rings. The molecule has 0 saturated carbocycles. The Morgan fingerprint density at radius 1 is 1.47 bits per heavy atom. The minimum Gasteiger partial charge on any atom is -0.457 e. The van der Waals surface area contributed by atoms with Gasteiger partial charge in [0.2, 0.25) is 0 Å². The van der Waals surface area contributed by atoms with Crippen LogP contribution in [0.2, 0.25) is 0 Å². The molecule has 88 valence electrons. The van der Waals surface area contributed by atoms with E-state index >= 15 is 0 Å². The van der Waals surface area contributed by atoms with Gasteiger partial charge in [0.05, 0.1) is 6.61 Å². The Labute approximate surface area is 97.0 Å². The molecule has 0 radical (unpaired) electrons. The van der Waals surface area contributed by atoms with E-state index in [1.54, 1.807) is 6.92 Å². The van der Waals surface area contributed by atoms with Crippen LogP contribution >= 0.6 is 0 Å². The number of anilines is 1. The van der Waals surface area contributed by atoms with Gasteiger partial charge in [-0.1, -0.05) is 0 Å². The number of aromatic nitrogens is 1. The second-order valence-corrected chi connectivity index (χ2v) is 2.86. The number of amides is 1. The van der Waals surface area contributed by atoms with Gasteiger partial charge >= 0.3 is 17.6 Å². The second-order valence-electron chi connectivity index (χ2n) is 2.86. The zero-order chi connectivity index (χ0) is 12.7. The van der Waals surface area contributed by atoms with E-state index in [0.717, 1.165) is 0 Å². The highest BCUT2D eigenvalue weighted by atomic mass is 16.5. The monoisotopic (exact) mass is 234 g/mol. The summed E-state index contributed by atoms with van der Waals surface area (Å²) in [7, 11) is 0. The molecule has 1 aromatic heterocycles. The number of hydrogen-bond acceptors (Lipinski definition) is 4. The Balaban J connectivity index is 2.76. The lowest BCUT2D eigenvalue weighted by atomic mass is 10.3. The second kappa shape index (κ2) is 6.14. The molecule has 17 heavy (non-hydrogen) atoms. The zero-order valence-corrected chi connectivity index (χ0v) is 9.08. The number of esters is 1. The number of ether oxygens (including phenoxy) is 1. The number of carbonyl (C=O) groups is 2. The van der Waals surface area contributed by atoms with Gasteiger partial charge < -0.3 is 15.6 Å². The topological polar surface area (TPSA) is 105 Å². The Morgan fingerprint density at radius 3 is 2.65 bits per heavy atom. The Bertz CT molecular complexity index is 466. The van der Waals surface area contributed by atoms with Gasteiger partial charge in [0.15, 0.2) is 0 Å². The fourth-order valence-electron chi connectivity index (χ4n) is 1.00. The first-order valence-corrected chi connectivity index (χ1v) is 4.79. The van der Waals surface area contributed by atoms with E-state index in [2.05, 4.69) is 19.8 Å². The third-order valence-corrected chi connectivity index (χ3v) is 1.72. The summed E-state index contributed by atoms with van der Waals surface area (Å²) in [5.74, 6) is -1.83. The van der Waals surface area contributed by atoms with Crippen molar-refractivity contribution in [1.29, 1.82) is 0 Å². The van der Waals surface area contributed by atoms with Gasteiger partial charge in [-0.3, -0.25) is 9.78 Å². The van der Waals surface area contributed by atoms with Gasteiger partial charge in [-0.05, 0) is 19.1 Å². The summed E-state index contributed by atoms with van der Waals surface area (Å²) >= 11 is 0. The molecule has 1 amide bonds. The van der Waals surface area contributed by atoms with Crippen molar-refractivity contribution in [2.75, 3.05) is 11.9 Å². The average Bonchev–Trinajstić information content (AvgIpc) is 2.31. The van der Waals surface area contributed by atoms with Crippen molar-refractivity contribution in [3.8, 4) is 0 Å². The summed E-state index contributed by atoms with van der Waals surface area (Å²) in [6.07, 6.45) is 2.94. The molecule has 1 N–H and O–H groups in total. The van der Waals surface area contributed by atoms with Crippen molar-refractivity contribution in [3.63, 3.8) is 0 Å². The fourth-order valence-corrected chi connectivity index (χ4v) is 1.00. The number of pyridine rings is 1. The van der Waals surface area contributed by atoms with Crippen LogP contribution in [0.25, 0.3) is 5.53 Å². The van der Waals surface area contributed by atoms with E-state index in [4.69, 9.17) is 5.53 Å². The number of nitrogens with zero attached hydrogens (tertiary/aromatic N) is 3. The van der Waals surface area contributed by atoms with Crippen molar-refractivity contribution in [2.45, 2.75) is 6.92 Å². The lowest BCUT2D eigenvalue weighted by molar-refractivity contribution is -0.141. The summed E-state index contributed by atoms with van der Waals surface area (Å²) in [6.45, 7) is 1.66. The lowest BCUT2D eigenvalue weighted by Gasteiger charge is -2.00. The average molecular weight is 234 g/mol. The Hall–Kier alpha value is -2.53. The maximum absolute atomic E-state index is 11.5. The molecular formula is C10H10N4O3. The smallest absolute Gasteiger partial charge is 0.457 e. The molecule has 0 spiro atoms. The highest BCUT2D eigenvalue weighted by molar-refractivity contribution is 6.64. The van der Waals surface area contributed by atoms with Crippen molar-refractivity contribution in [2.24, 2.45) is 0 Å². The molecule has 0 aromatic carbocycles. The van der Waals surface area contributed by atoms with E-state index in [1.807, 2.05) is 0 Å². The highest BCUT2D eigenvalue weighted by Gasteiger charge is 2.31. The van der Waals surface area contributed by atoms with Gasteiger partial charge in [-0.25, -0.2) is 4.79 Å². The maximum Gasteiger partial charge on any atom is 0.463 e. The highest BCUT2D eigenvalue weighted by Crippen LogP contribution is 2.03. The van der Waals surface area contributed by atoms with Crippen LogP contribution in [0, 0.1) is 0 Å². The number of carbonyl (C=O) groups excluding carboxylic acids is 2. The summed E-state index contributed by atoms with van der Waals surface area (Å²) in [6, 6.07) is 3.05. The van der Waals surface area contributed by atoms with Crippen LogP contribution in [0.15, 0.2) is 24.5 Å². The van der Waals surface area contributed by atoms with Crippen LogP contribution in [0.3, 0.4) is 0 Å². The maximum atomic E-state index is 11.5. The van der Waals surface area contributed by atoms with E-state index in [9.17, 15) is 9.59 Å². The minimum absolute atomic E-state index is 0.0837. The molecule has 7 nitrogen and oxygen atoms in total. The normalized spacial score (nSPS) is 9.00. The third kappa shape index (κ3) is 3.51. The first kappa shape index (κ1) is 12.5. The van der Waals surface area contributed by atoms with Crippen LogP contribution in [-0.2, 0) is 14.3 Å². The van der Waals surface area contributed by atoms with Gasteiger partial charge in [-0.15, -0.1) is 0 Å². The molecule has 0 fully saturated rings. The van der Waals surface area contributed by atoms with Crippen LogP contribution in [0.5, 0.6) is 0 Å². The predicted octanol–water partition coefficient (Wildman–Crippen LogP) is 0.254. The van der Waals surface area contributed by atoms with E-state index < -0.39 is 17.6 Å². The number of hydrogen-bond donors (Lipinski definition) is 1. The quantitative estimate of drug-likeness (QED) is 0.265. The van der Waals surface area contributed by atoms with Crippen LogP contribution in [-0.4, -0.2) is 34.0 Å².